The normalized spacial score (nSPS) is 16.6. The Hall–Kier alpha value is -1.18. The predicted molar refractivity (Wildman–Crippen MR) is 41.4 cm³/mol. The van der Waals surface area contributed by atoms with Crippen molar-refractivity contribution in [2.45, 2.75) is 6.42 Å². The van der Waals surface area contributed by atoms with E-state index in [4.69, 9.17) is 0 Å². The molecule has 0 fully saturated rings. The van der Waals surface area contributed by atoms with Crippen LogP contribution in [0.3, 0.4) is 0 Å². The average Bonchev–Trinajstić information content (AvgIpc) is 2.59. The monoisotopic (exact) mass is 134 g/mol. The number of nitrogens with one attached hydrogen (secondary N) is 2. The van der Waals surface area contributed by atoms with Crippen LogP contribution in [-0.4, -0.2) is 11.5 Å². The lowest BCUT2D eigenvalue weighted by atomic mass is 10.2. The summed E-state index contributed by atoms with van der Waals surface area (Å²) in [5.41, 5.74) is 2.62. The van der Waals surface area contributed by atoms with Crippen LogP contribution in [0.25, 0.3) is 5.57 Å². The Kier molecular flexibility index (Phi) is 1.24. The molecule has 2 rings (SSSR count). The summed E-state index contributed by atoms with van der Waals surface area (Å²) in [4.78, 5) is 3.17. The first kappa shape index (κ1) is 5.59. The van der Waals surface area contributed by atoms with Crippen LogP contribution in [0.15, 0.2) is 24.5 Å². The lowest BCUT2D eigenvalue weighted by Crippen LogP contribution is -1.96. The first-order valence-corrected chi connectivity index (χ1v) is 3.53. The highest BCUT2D eigenvalue weighted by molar-refractivity contribution is 5.64. The fraction of sp³-hybridized carbons (Fsp3) is 0.250. The van der Waals surface area contributed by atoms with Crippen LogP contribution in [0, 0.1) is 0 Å². The van der Waals surface area contributed by atoms with Gasteiger partial charge in [-0.05, 0) is 24.1 Å². The van der Waals surface area contributed by atoms with Crippen molar-refractivity contribution in [2.75, 3.05) is 6.54 Å². The molecule has 10 heavy (non-hydrogen) atoms. The van der Waals surface area contributed by atoms with E-state index in [2.05, 4.69) is 22.6 Å². The standard InChI is InChI=1S/C8H10N2/c1-2-8(10-4-1)7-3-5-9-6-7/h1-2,4,6,9-10H,3,5H2. The molecule has 0 aliphatic carbocycles. The van der Waals surface area contributed by atoms with E-state index in [-0.39, 0.29) is 0 Å². The summed E-state index contributed by atoms with van der Waals surface area (Å²) in [5, 5.41) is 3.18. The molecule has 1 aliphatic rings. The van der Waals surface area contributed by atoms with Gasteiger partial charge in [-0.2, -0.15) is 0 Å². The van der Waals surface area contributed by atoms with E-state index < -0.39 is 0 Å². The Morgan fingerprint density at radius 2 is 2.40 bits per heavy atom. The number of rotatable bonds is 1. The summed E-state index contributed by atoms with van der Waals surface area (Å²) in [6.07, 6.45) is 5.17. The molecule has 2 heterocycles. The number of hydrogen-bond acceptors (Lipinski definition) is 1. The van der Waals surface area contributed by atoms with Gasteiger partial charge >= 0.3 is 0 Å². The molecule has 0 saturated carbocycles. The largest absolute Gasteiger partial charge is 0.390 e. The van der Waals surface area contributed by atoms with Crippen LogP contribution >= 0.6 is 0 Å². The second-order valence-corrected chi connectivity index (χ2v) is 2.46. The third-order valence-electron chi connectivity index (χ3n) is 1.76. The molecule has 0 saturated heterocycles. The van der Waals surface area contributed by atoms with Crippen LogP contribution in [0.5, 0.6) is 0 Å². The minimum absolute atomic E-state index is 1.08. The quantitative estimate of drug-likeness (QED) is 0.596. The van der Waals surface area contributed by atoms with E-state index in [1.807, 2.05) is 12.3 Å². The summed E-state index contributed by atoms with van der Waals surface area (Å²) in [6.45, 7) is 1.08. The van der Waals surface area contributed by atoms with Gasteiger partial charge in [-0.1, -0.05) is 0 Å². The van der Waals surface area contributed by atoms with Gasteiger partial charge in [0.15, 0.2) is 0 Å². The topological polar surface area (TPSA) is 27.8 Å². The Bertz CT molecular complexity index is 234. The van der Waals surface area contributed by atoms with Gasteiger partial charge in [-0.25, -0.2) is 0 Å². The predicted octanol–water partition coefficient (Wildman–Crippen LogP) is 1.35. The molecule has 2 N–H and O–H groups in total. The van der Waals surface area contributed by atoms with Crippen molar-refractivity contribution >= 4 is 5.57 Å². The summed E-state index contributed by atoms with van der Waals surface area (Å²) in [7, 11) is 0. The second kappa shape index (κ2) is 2.21. The van der Waals surface area contributed by atoms with E-state index in [1.54, 1.807) is 0 Å². The minimum atomic E-state index is 1.08. The van der Waals surface area contributed by atoms with Gasteiger partial charge in [0.05, 0.1) is 0 Å². The van der Waals surface area contributed by atoms with E-state index in [0.29, 0.717) is 0 Å². The number of hydrogen-bond donors (Lipinski definition) is 2. The molecule has 2 nitrogen and oxygen atoms in total. The van der Waals surface area contributed by atoms with Gasteiger partial charge < -0.3 is 10.3 Å². The molecule has 0 atom stereocenters. The van der Waals surface area contributed by atoms with Gasteiger partial charge in [-0.3, -0.25) is 0 Å². The third-order valence-corrected chi connectivity index (χ3v) is 1.76. The van der Waals surface area contributed by atoms with E-state index in [1.165, 1.54) is 11.3 Å². The fourth-order valence-electron chi connectivity index (χ4n) is 1.22. The Balaban J connectivity index is 2.28. The van der Waals surface area contributed by atoms with Gasteiger partial charge in [0.1, 0.15) is 0 Å². The maximum Gasteiger partial charge on any atom is 0.0428 e. The summed E-state index contributed by atoms with van der Waals surface area (Å²) >= 11 is 0. The molecule has 0 spiro atoms. The molecule has 1 aromatic heterocycles. The maximum atomic E-state index is 3.18. The highest BCUT2D eigenvalue weighted by atomic mass is 14.9. The Morgan fingerprint density at radius 3 is 3.00 bits per heavy atom. The number of H-pyrrole nitrogens is 1. The Labute approximate surface area is 60.0 Å². The lowest BCUT2D eigenvalue weighted by Gasteiger charge is -1.92. The first-order chi connectivity index (χ1) is 4.97. The van der Waals surface area contributed by atoms with Gasteiger partial charge in [-0.15, -0.1) is 0 Å². The molecule has 0 radical (unpaired) electrons. The minimum Gasteiger partial charge on any atom is -0.390 e. The van der Waals surface area contributed by atoms with Crippen LogP contribution in [-0.2, 0) is 0 Å². The molecule has 2 heteroatoms. The van der Waals surface area contributed by atoms with Crippen molar-refractivity contribution in [3.63, 3.8) is 0 Å². The van der Waals surface area contributed by atoms with Crippen molar-refractivity contribution in [3.05, 3.63) is 30.2 Å². The SMILES string of the molecule is C1=C(c2ccc[nH]2)CCN1. The summed E-state index contributed by atoms with van der Waals surface area (Å²) in [6, 6.07) is 4.12. The van der Waals surface area contributed by atoms with Crippen LogP contribution < -0.4 is 5.32 Å². The molecule has 0 unspecified atom stereocenters. The molecular formula is C8H10N2. The average molecular weight is 134 g/mol. The summed E-state index contributed by atoms with van der Waals surface area (Å²) in [5.74, 6) is 0. The lowest BCUT2D eigenvalue weighted by molar-refractivity contribution is 0.919. The van der Waals surface area contributed by atoms with Crippen LogP contribution in [0.1, 0.15) is 12.1 Å². The number of aromatic amines is 1. The molecule has 1 aliphatic heterocycles. The number of aromatic nitrogens is 1. The molecular weight excluding hydrogens is 124 g/mol. The van der Waals surface area contributed by atoms with Gasteiger partial charge in [0.2, 0.25) is 0 Å². The smallest absolute Gasteiger partial charge is 0.0428 e. The Morgan fingerprint density at radius 1 is 1.40 bits per heavy atom. The third kappa shape index (κ3) is 0.817. The second-order valence-electron chi connectivity index (χ2n) is 2.46. The van der Waals surface area contributed by atoms with Crippen LogP contribution in [0.4, 0.5) is 0 Å². The highest BCUT2D eigenvalue weighted by Crippen LogP contribution is 2.17. The van der Waals surface area contributed by atoms with Crippen LogP contribution in [0.2, 0.25) is 0 Å². The van der Waals surface area contributed by atoms with Crippen molar-refractivity contribution in [1.29, 1.82) is 0 Å². The fourth-order valence-corrected chi connectivity index (χ4v) is 1.22. The van der Waals surface area contributed by atoms with E-state index in [9.17, 15) is 0 Å². The molecule has 0 amide bonds. The molecule has 0 aromatic carbocycles. The van der Waals surface area contributed by atoms with Crippen molar-refractivity contribution in [3.8, 4) is 0 Å². The zero-order valence-electron chi connectivity index (χ0n) is 5.72. The van der Waals surface area contributed by atoms with Gasteiger partial charge in [0, 0.05) is 24.6 Å². The molecule has 52 valence electrons. The highest BCUT2D eigenvalue weighted by Gasteiger charge is 2.05. The van der Waals surface area contributed by atoms with E-state index >= 15 is 0 Å². The molecule has 1 aromatic rings. The molecule has 0 bridgehead atoms. The van der Waals surface area contributed by atoms with Crippen molar-refractivity contribution in [2.24, 2.45) is 0 Å². The zero-order chi connectivity index (χ0) is 6.81. The summed E-state index contributed by atoms with van der Waals surface area (Å²) < 4.78 is 0. The van der Waals surface area contributed by atoms with Crippen molar-refractivity contribution < 1.29 is 0 Å². The van der Waals surface area contributed by atoms with Crippen molar-refractivity contribution in [1.82, 2.24) is 10.3 Å². The zero-order valence-corrected chi connectivity index (χ0v) is 5.72. The van der Waals surface area contributed by atoms with E-state index in [0.717, 1.165) is 13.0 Å². The maximum absolute atomic E-state index is 3.18. The van der Waals surface area contributed by atoms with Gasteiger partial charge in [0.25, 0.3) is 0 Å². The first-order valence-electron chi connectivity index (χ1n) is 3.53.